The molecule has 5 rings (SSSR count). The van der Waals surface area contributed by atoms with Crippen molar-refractivity contribution in [1.82, 2.24) is 29.5 Å². The van der Waals surface area contributed by atoms with E-state index < -0.39 is 23.9 Å². The number of halogens is 2. The number of aromatic nitrogens is 6. The molecule has 4 aromatic heterocycles. The van der Waals surface area contributed by atoms with E-state index >= 15 is 0 Å². The van der Waals surface area contributed by atoms with E-state index in [-0.39, 0.29) is 34.9 Å². The van der Waals surface area contributed by atoms with Crippen molar-refractivity contribution in [2.75, 3.05) is 11.9 Å². The minimum Gasteiger partial charge on any atom is -0.379 e. The summed E-state index contributed by atoms with van der Waals surface area (Å²) in [6.45, 7) is 4.20. The van der Waals surface area contributed by atoms with E-state index in [1.54, 1.807) is 35.6 Å². The molecule has 0 saturated heterocycles. The van der Waals surface area contributed by atoms with Gasteiger partial charge in [0.1, 0.15) is 28.3 Å². The van der Waals surface area contributed by atoms with Gasteiger partial charge >= 0.3 is 0 Å². The zero-order valence-corrected chi connectivity index (χ0v) is 21.7. The van der Waals surface area contributed by atoms with Crippen LogP contribution in [0.4, 0.5) is 14.5 Å². The number of aliphatic hydroxyl groups excluding tert-OH is 1. The molecule has 4 aromatic rings. The molecule has 1 unspecified atom stereocenters. The Balaban J connectivity index is 1.41. The Morgan fingerprint density at radius 3 is 2.71 bits per heavy atom. The van der Waals surface area contributed by atoms with E-state index in [0.29, 0.717) is 17.2 Å². The number of hydrogen-bond donors (Lipinski definition) is 2. The fraction of sp³-hybridized carbons (Fsp3) is 0.400. The summed E-state index contributed by atoms with van der Waals surface area (Å²) in [6.07, 6.45) is 7.52. The maximum absolute atomic E-state index is 14.7. The summed E-state index contributed by atoms with van der Waals surface area (Å²) in [4.78, 5) is 21.2. The Morgan fingerprint density at radius 2 is 2.00 bits per heavy atom. The molecule has 1 saturated carbocycles. The fourth-order valence-electron chi connectivity index (χ4n) is 4.49. The number of aliphatic hydroxyl groups is 1. The Bertz CT molecular complexity index is 1430. The number of nitrogens with zero attached hydrogens (tertiary/aromatic N) is 6. The summed E-state index contributed by atoms with van der Waals surface area (Å²) in [7, 11) is 0. The molecule has 200 valence electrons. The van der Waals surface area contributed by atoms with Gasteiger partial charge in [0.2, 0.25) is 5.95 Å². The number of carbonyl (C=O) groups excluding carboxylic acids is 1. The predicted molar refractivity (Wildman–Crippen MR) is 137 cm³/mol. The smallest absolute Gasteiger partial charge is 0.275 e. The molecule has 0 spiro atoms. The highest BCUT2D eigenvalue weighted by molar-refractivity contribution is 7.13. The molecule has 1 amide bonds. The van der Waals surface area contributed by atoms with Crippen LogP contribution in [-0.2, 0) is 4.74 Å². The topological polar surface area (TPSA) is 120 Å². The van der Waals surface area contributed by atoms with E-state index in [4.69, 9.17) is 4.74 Å². The number of pyridine rings is 1. The second-order valence-corrected chi connectivity index (χ2v) is 9.91. The maximum Gasteiger partial charge on any atom is 0.275 e. The van der Waals surface area contributed by atoms with Gasteiger partial charge < -0.3 is 15.2 Å². The summed E-state index contributed by atoms with van der Waals surface area (Å²) in [5.74, 6) is -2.14. The van der Waals surface area contributed by atoms with Gasteiger partial charge in [0.15, 0.2) is 5.82 Å². The summed E-state index contributed by atoms with van der Waals surface area (Å²) in [6, 6.07) is 1.93. The van der Waals surface area contributed by atoms with Gasteiger partial charge in [-0.2, -0.15) is 14.6 Å². The number of carbonyl (C=O) groups is 1. The van der Waals surface area contributed by atoms with E-state index in [9.17, 15) is 18.7 Å². The molecule has 1 aliphatic rings. The van der Waals surface area contributed by atoms with E-state index in [2.05, 4.69) is 25.5 Å². The number of nitrogens with one attached hydrogen (secondary N) is 1. The SMILES string of the molecule is CCOC1CCC(n2cc(NC(=O)c3csc(-c4cnn(C(C)O)c4)n3)c(-c3nc(F)ccc3F)n2)CC1. The zero-order valence-electron chi connectivity index (χ0n) is 20.8. The average molecular weight is 544 g/mol. The van der Waals surface area contributed by atoms with Crippen LogP contribution in [0.25, 0.3) is 22.0 Å². The van der Waals surface area contributed by atoms with Crippen molar-refractivity contribution in [3.05, 3.63) is 53.6 Å². The van der Waals surface area contributed by atoms with Crippen LogP contribution in [0.15, 0.2) is 36.1 Å². The van der Waals surface area contributed by atoms with Crippen LogP contribution in [0.1, 0.15) is 62.3 Å². The first kappa shape index (κ1) is 26.1. The third kappa shape index (κ3) is 5.49. The van der Waals surface area contributed by atoms with Crippen LogP contribution in [0.2, 0.25) is 0 Å². The van der Waals surface area contributed by atoms with E-state index in [0.717, 1.165) is 37.8 Å². The summed E-state index contributed by atoms with van der Waals surface area (Å²) in [5, 5.41) is 23.2. The van der Waals surface area contributed by atoms with Gasteiger partial charge in [0, 0.05) is 29.9 Å². The molecule has 10 nitrogen and oxygen atoms in total. The van der Waals surface area contributed by atoms with Crippen LogP contribution in [-0.4, -0.2) is 53.3 Å². The lowest BCUT2D eigenvalue weighted by atomic mass is 9.93. The predicted octanol–water partition coefficient (Wildman–Crippen LogP) is 4.83. The molecule has 4 heterocycles. The van der Waals surface area contributed by atoms with Crippen molar-refractivity contribution in [3.8, 4) is 22.0 Å². The number of thiazole rings is 1. The molecule has 1 fully saturated rings. The van der Waals surface area contributed by atoms with Crippen molar-refractivity contribution in [1.29, 1.82) is 0 Å². The lowest BCUT2D eigenvalue weighted by Gasteiger charge is -2.28. The zero-order chi connectivity index (χ0) is 26.8. The molecule has 0 radical (unpaired) electrons. The van der Waals surface area contributed by atoms with Gasteiger partial charge in [-0.3, -0.25) is 9.48 Å². The molecule has 2 N–H and O–H groups in total. The second-order valence-electron chi connectivity index (χ2n) is 9.05. The van der Waals surface area contributed by atoms with E-state index in [1.807, 2.05) is 6.92 Å². The van der Waals surface area contributed by atoms with Crippen LogP contribution >= 0.6 is 11.3 Å². The lowest BCUT2D eigenvalue weighted by Crippen LogP contribution is -2.24. The first-order valence-corrected chi connectivity index (χ1v) is 13.2. The number of ether oxygens (including phenoxy) is 1. The van der Waals surface area contributed by atoms with Gasteiger partial charge in [-0.1, -0.05) is 0 Å². The normalized spacial score (nSPS) is 18.4. The van der Waals surface area contributed by atoms with Crippen LogP contribution < -0.4 is 5.32 Å². The van der Waals surface area contributed by atoms with Gasteiger partial charge in [0.25, 0.3) is 5.91 Å². The third-order valence-corrected chi connectivity index (χ3v) is 7.30. The first-order chi connectivity index (χ1) is 18.3. The molecule has 0 bridgehead atoms. The summed E-state index contributed by atoms with van der Waals surface area (Å²) >= 11 is 1.24. The van der Waals surface area contributed by atoms with Crippen LogP contribution in [0.3, 0.4) is 0 Å². The molecule has 0 aliphatic heterocycles. The first-order valence-electron chi connectivity index (χ1n) is 12.3. The number of anilines is 1. The van der Waals surface area contributed by atoms with Crippen LogP contribution in [0.5, 0.6) is 0 Å². The van der Waals surface area contributed by atoms with Crippen molar-refractivity contribution in [3.63, 3.8) is 0 Å². The minimum absolute atomic E-state index is 0.0176. The largest absolute Gasteiger partial charge is 0.379 e. The van der Waals surface area contributed by atoms with Crippen molar-refractivity contribution in [2.24, 2.45) is 0 Å². The van der Waals surface area contributed by atoms with Crippen molar-refractivity contribution >= 4 is 22.9 Å². The minimum atomic E-state index is -0.854. The van der Waals surface area contributed by atoms with Crippen LogP contribution in [0, 0.1) is 11.8 Å². The Kier molecular flexibility index (Phi) is 7.58. The monoisotopic (exact) mass is 543 g/mol. The quantitative estimate of drug-likeness (QED) is 0.306. The molecule has 1 aliphatic carbocycles. The molecule has 0 aromatic carbocycles. The van der Waals surface area contributed by atoms with Gasteiger partial charge in [-0.15, -0.1) is 11.3 Å². The Labute approximate surface area is 221 Å². The average Bonchev–Trinajstić information content (AvgIpc) is 3.66. The maximum atomic E-state index is 14.7. The number of hydrogen-bond acceptors (Lipinski definition) is 8. The highest BCUT2D eigenvalue weighted by Gasteiger charge is 2.27. The summed E-state index contributed by atoms with van der Waals surface area (Å²) in [5.41, 5.74) is 0.744. The van der Waals surface area contributed by atoms with Gasteiger partial charge in [-0.25, -0.2) is 19.0 Å². The van der Waals surface area contributed by atoms with Crippen molar-refractivity contribution < 1.29 is 23.4 Å². The fourth-order valence-corrected chi connectivity index (χ4v) is 5.27. The Morgan fingerprint density at radius 1 is 1.21 bits per heavy atom. The number of amides is 1. The summed E-state index contributed by atoms with van der Waals surface area (Å²) < 4.78 is 37.4. The molecular weight excluding hydrogens is 516 g/mol. The second kappa shape index (κ2) is 11.1. The molecule has 13 heteroatoms. The molecule has 1 atom stereocenters. The van der Waals surface area contributed by atoms with Gasteiger partial charge in [0.05, 0.1) is 24.0 Å². The third-order valence-electron chi connectivity index (χ3n) is 6.40. The lowest BCUT2D eigenvalue weighted by molar-refractivity contribution is 0.0260. The highest BCUT2D eigenvalue weighted by atomic mass is 32.1. The van der Waals surface area contributed by atoms with E-state index in [1.165, 1.54) is 16.0 Å². The Hall–Kier alpha value is -3.55. The number of rotatable bonds is 8. The molecular formula is C25H27F2N7O3S. The van der Waals surface area contributed by atoms with Crippen molar-refractivity contribution in [2.45, 2.75) is 57.9 Å². The standard InChI is InChI=1S/C25H27F2N7O3S/c1-3-37-17-6-4-16(5-7-17)34-12-19(23(32-34)22-18(26)8-9-21(27)31-22)29-24(36)20-13-38-25(30-20)15-10-28-33(11-15)14(2)35/h8-14,16-17,35H,3-7H2,1-2H3,(H,29,36). The molecule has 38 heavy (non-hydrogen) atoms. The van der Waals surface area contributed by atoms with Gasteiger partial charge in [-0.05, 0) is 51.7 Å². The highest BCUT2D eigenvalue weighted by Crippen LogP contribution is 2.34.